The Hall–Kier alpha value is -3.88. The minimum absolute atomic E-state index is 0.0605. The molecule has 1 fully saturated rings. The standard InChI is InChI=1S/C29H37FN7O7P/c1-16(2)42-26(39)17(3)35-45(40,44-20-13-9-11-18-10-7-8-12-19(18)20)41-14-21-23(38)29(4,30)27(43-21)37-15-32-22-24(36(5)6)33-28(31)34-25(22)37/h7-13,15-17,21,23,27,38H,14H2,1-6H3,(H,35,40)(H2,31,33,34)/t17-,21+,23+,27+,29+,45?/m0/s1. The number of aromatic nitrogens is 4. The second kappa shape index (κ2) is 12.5. The Morgan fingerprint density at radius 1 is 1.22 bits per heavy atom. The second-order valence-electron chi connectivity index (χ2n) is 11.4. The number of ether oxygens (including phenoxy) is 2. The van der Waals surface area contributed by atoms with Crippen molar-refractivity contribution in [2.24, 2.45) is 0 Å². The molecule has 4 N–H and O–H groups in total. The molecule has 1 aliphatic rings. The Labute approximate surface area is 259 Å². The van der Waals surface area contributed by atoms with Crippen molar-refractivity contribution in [1.82, 2.24) is 24.6 Å². The van der Waals surface area contributed by atoms with Gasteiger partial charge in [-0.2, -0.15) is 15.1 Å². The average Bonchev–Trinajstić information content (AvgIpc) is 3.48. The summed E-state index contributed by atoms with van der Waals surface area (Å²) in [6, 6.07) is 11.3. The Bertz CT molecular complexity index is 1750. The molecule has 16 heteroatoms. The predicted molar refractivity (Wildman–Crippen MR) is 165 cm³/mol. The van der Waals surface area contributed by atoms with Crippen LogP contribution in [-0.2, 0) is 23.4 Å². The van der Waals surface area contributed by atoms with E-state index >= 15 is 4.39 Å². The molecule has 0 radical (unpaired) electrons. The number of benzene rings is 2. The van der Waals surface area contributed by atoms with Gasteiger partial charge in [-0.3, -0.25) is 13.9 Å². The quantitative estimate of drug-likeness (QED) is 0.159. The number of nitrogens with zero attached hydrogens (tertiary/aromatic N) is 5. The lowest BCUT2D eigenvalue weighted by atomic mass is 9.98. The fraction of sp³-hybridized carbons (Fsp3) is 0.448. The molecule has 6 atom stereocenters. The molecule has 14 nitrogen and oxygen atoms in total. The van der Waals surface area contributed by atoms with E-state index < -0.39 is 56.6 Å². The molecule has 1 unspecified atom stereocenters. The molecular weight excluding hydrogens is 608 g/mol. The summed E-state index contributed by atoms with van der Waals surface area (Å²) in [5.41, 5.74) is 4.08. The van der Waals surface area contributed by atoms with Gasteiger partial charge in [-0.05, 0) is 39.1 Å². The highest BCUT2D eigenvalue weighted by atomic mass is 31.2. The van der Waals surface area contributed by atoms with E-state index in [2.05, 4.69) is 20.0 Å². The first-order chi connectivity index (χ1) is 21.2. The number of hydrogen-bond acceptors (Lipinski definition) is 12. The number of nitrogens with two attached hydrogens (primary N) is 1. The van der Waals surface area contributed by atoms with Crippen LogP contribution >= 0.6 is 7.75 Å². The van der Waals surface area contributed by atoms with Gasteiger partial charge in [0.25, 0.3) is 0 Å². The molecular formula is C29H37FN7O7P. The summed E-state index contributed by atoms with van der Waals surface area (Å²) in [5.74, 6) is -0.116. The first-order valence-corrected chi connectivity index (χ1v) is 15.8. The maximum atomic E-state index is 16.2. The molecule has 0 amide bonds. The van der Waals surface area contributed by atoms with Gasteiger partial charge >= 0.3 is 13.7 Å². The van der Waals surface area contributed by atoms with Gasteiger partial charge in [0, 0.05) is 19.5 Å². The van der Waals surface area contributed by atoms with Gasteiger partial charge in [0.1, 0.15) is 24.0 Å². The third-order valence-corrected chi connectivity index (χ3v) is 8.88. The van der Waals surface area contributed by atoms with Gasteiger partial charge in [-0.25, -0.2) is 13.9 Å². The lowest BCUT2D eigenvalue weighted by Crippen LogP contribution is -2.41. The third-order valence-electron chi connectivity index (χ3n) is 7.25. The summed E-state index contributed by atoms with van der Waals surface area (Å²) >= 11 is 0. The Balaban J connectivity index is 1.42. The summed E-state index contributed by atoms with van der Waals surface area (Å²) in [4.78, 5) is 27.0. The number of hydrogen-bond donors (Lipinski definition) is 3. The number of nitrogen functional groups attached to an aromatic ring is 1. The molecule has 4 aromatic rings. The van der Waals surface area contributed by atoms with Crippen molar-refractivity contribution < 1.29 is 37.4 Å². The Morgan fingerprint density at radius 2 is 1.93 bits per heavy atom. The number of alkyl halides is 1. The molecule has 0 aliphatic carbocycles. The minimum atomic E-state index is -4.39. The molecule has 3 heterocycles. The molecule has 5 rings (SSSR count). The topological polar surface area (TPSA) is 176 Å². The number of imidazole rings is 1. The lowest BCUT2D eigenvalue weighted by Gasteiger charge is -2.26. The van der Waals surface area contributed by atoms with Crippen LogP contribution in [0.4, 0.5) is 16.2 Å². The number of esters is 1. The largest absolute Gasteiger partial charge is 0.462 e. The number of carbonyl (C=O) groups is 1. The van der Waals surface area contributed by atoms with E-state index in [4.69, 9.17) is 24.3 Å². The zero-order valence-corrected chi connectivity index (χ0v) is 26.6. The molecule has 242 valence electrons. The average molecular weight is 646 g/mol. The summed E-state index contributed by atoms with van der Waals surface area (Å²) in [7, 11) is -0.892. The Kier molecular flexibility index (Phi) is 9.02. The molecule has 1 saturated heterocycles. The van der Waals surface area contributed by atoms with E-state index in [1.165, 1.54) is 24.7 Å². The van der Waals surface area contributed by atoms with E-state index in [0.29, 0.717) is 16.7 Å². The van der Waals surface area contributed by atoms with Crippen molar-refractivity contribution >= 4 is 47.4 Å². The van der Waals surface area contributed by atoms with Crippen molar-refractivity contribution in [3.05, 3.63) is 48.8 Å². The van der Waals surface area contributed by atoms with Crippen LogP contribution in [0.2, 0.25) is 0 Å². The van der Waals surface area contributed by atoms with Gasteiger partial charge in [-0.15, -0.1) is 0 Å². The number of fused-ring (bicyclic) bond motifs is 2. The smallest absolute Gasteiger partial charge is 0.459 e. The number of aliphatic hydroxyl groups excluding tert-OH is 1. The fourth-order valence-electron chi connectivity index (χ4n) is 5.04. The highest BCUT2D eigenvalue weighted by Gasteiger charge is 2.56. The van der Waals surface area contributed by atoms with Crippen LogP contribution in [0.1, 0.15) is 33.9 Å². The number of carbonyl (C=O) groups excluding carboxylic acids is 1. The van der Waals surface area contributed by atoms with Crippen LogP contribution in [0, 0.1) is 0 Å². The number of aliphatic hydroxyl groups is 1. The number of rotatable bonds is 11. The van der Waals surface area contributed by atoms with E-state index in [-0.39, 0.29) is 17.3 Å². The van der Waals surface area contributed by atoms with Crippen LogP contribution in [0.25, 0.3) is 21.9 Å². The maximum absolute atomic E-state index is 16.2. The predicted octanol–water partition coefficient (Wildman–Crippen LogP) is 3.75. The van der Waals surface area contributed by atoms with Gasteiger partial charge < -0.3 is 29.7 Å². The summed E-state index contributed by atoms with van der Waals surface area (Å²) < 4.78 is 54.7. The van der Waals surface area contributed by atoms with Gasteiger partial charge in [-0.1, -0.05) is 36.4 Å². The molecule has 2 aromatic heterocycles. The van der Waals surface area contributed by atoms with Crippen LogP contribution in [0.3, 0.4) is 0 Å². The molecule has 45 heavy (non-hydrogen) atoms. The molecule has 2 aromatic carbocycles. The molecule has 1 aliphatic heterocycles. The minimum Gasteiger partial charge on any atom is -0.462 e. The van der Waals surface area contributed by atoms with Crippen molar-refractivity contribution in [2.45, 2.75) is 63.9 Å². The van der Waals surface area contributed by atoms with Crippen molar-refractivity contribution in [3.8, 4) is 5.75 Å². The van der Waals surface area contributed by atoms with E-state index in [9.17, 15) is 14.5 Å². The van der Waals surface area contributed by atoms with E-state index in [1.807, 2.05) is 18.2 Å². The monoisotopic (exact) mass is 645 g/mol. The highest BCUT2D eigenvalue weighted by molar-refractivity contribution is 7.52. The zero-order chi connectivity index (χ0) is 32.7. The van der Waals surface area contributed by atoms with E-state index in [0.717, 1.165) is 5.39 Å². The number of anilines is 2. The highest BCUT2D eigenvalue weighted by Crippen LogP contribution is 2.49. The van der Waals surface area contributed by atoms with Crippen molar-refractivity contribution in [3.63, 3.8) is 0 Å². The van der Waals surface area contributed by atoms with Crippen molar-refractivity contribution in [1.29, 1.82) is 0 Å². The summed E-state index contributed by atoms with van der Waals surface area (Å²) in [5, 5.41) is 15.1. The molecule has 0 bridgehead atoms. The molecule has 0 spiro atoms. The first kappa shape index (κ1) is 32.5. The zero-order valence-electron chi connectivity index (χ0n) is 25.7. The van der Waals surface area contributed by atoms with Crippen LogP contribution in [0.15, 0.2) is 48.8 Å². The van der Waals surface area contributed by atoms with Gasteiger partial charge in [0.2, 0.25) is 5.95 Å². The van der Waals surface area contributed by atoms with Gasteiger partial charge in [0.05, 0.1) is 19.0 Å². The molecule has 0 saturated carbocycles. The summed E-state index contributed by atoms with van der Waals surface area (Å²) in [6.07, 6.45) is -3.57. The third kappa shape index (κ3) is 6.58. The number of halogens is 1. The maximum Gasteiger partial charge on any atom is 0.459 e. The van der Waals surface area contributed by atoms with Gasteiger partial charge in [0.15, 0.2) is 28.9 Å². The Morgan fingerprint density at radius 3 is 2.64 bits per heavy atom. The van der Waals surface area contributed by atoms with Crippen molar-refractivity contribution in [2.75, 3.05) is 31.3 Å². The van der Waals surface area contributed by atoms with E-state index in [1.54, 1.807) is 57.1 Å². The number of nitrogens with one attached hydrogen (secondary N) is 1. The first-order valence-electron chi connectivity index (χ1n) is 14.3. The van der Waals surface area contributed by atoms with Crippen LogP contribution < -0.4 is 20.2 Å². The second-order valence-corrected chi connectivity index (χ2v) is 13.1. The SMILES string of the molecule is CC(C)OC(=O)[C@H](C)NP(=O)(OC[C@H]1O[C@@H](n2cnc3c(N(C)C)nc(N)nc32)[C@](C)(F)[C@@H]1O)Oc1cccc2ccccc12. The van der Waals surface area contributed by atoms with Crippen LogP contribution in [0.5, 0.6) is 5.75 Å². The summed E-state index contributed by atoms with van der Waals surface area (Å²) in [6.45, 7) is 5.40. The fourth-order valence-corrected chi connectivity index (χ4v) is 6.56. The normalized spacial score (nSPS) is 23.7. The van der Waals surface area contributed by atoms with Crippen LogP contribution in [-0.4, -0.2) is 81.3 Å². The lowest BCUT2D eigenvalue weighted by molar-refractivity contribution is -0.149.